The van der Waals surface area contributed by atoms with Crippen LogP contribution in [0.2, 0.25) is 0 Å². The molecule has 0 spiro atoms. The van der Waals surface area contributed by atoms with E-state index in [0.29, 0.717) is 5.82 Å². The van der Waals surface area contributed by atoms with Crippen molar-refractivity contribution in [1.82, 2.24) is 4.37 Å². The van der Waals surface area contributed by atoms with Gasteiger partial charge >= 0.3 is 0 Å². The number of nitrogens with zero attached hydrogens (tertiary/aromatic N) is 1. The van der Waals surface area contributed by atoms with Crippen LogP contribution in [0.25, 0.3) is 0 Å². The summed E-state index contributed by atoms with van der Waals surface area (Å²) in [5, 5.41) is 1.71. The van der Waals surface area contributed by atoms with Gasteiger partial charge in [0.1, 0.15) is 0 Å². The van der Waals surface area contributed by atoms with Gasteiger partial charge in [-0.3, -0.25) is 4.72 Å². The zero-order valence-corrected chi connectivity index (χ0v) is 11.1. The fourth-order valence-electron chi connectivity index (χ4n) is 1.08. The smallest absolute Gasteiger partial charge is 0.263 e. The van der Waals surface area contributed by atoms with Crippen LogP contribution in [0, 0.1) is 0 Å². The molecule has 0 unspecified atom stereocenters. The Hall–Kier alpha value is -0.920. The van der Waals surface area contributed by atoms with Gasteiger partial charge in [0.15, 0.2) is 5.82 Å². The molecule has 0 aliphatic carbocycles. The topological polar surface area (TPSA) is 59.1 Å². The van der Waals surface area contributed by atoms with Crippen LogP contribution < -0.4 is 4.72 Å². The maximum atomic E-state index is 11.8. The zero-order valence-electron chi connectivity index (χ0n) is 7.92. The Kier molecular flexibility index (Phi) is 3.27. The van der Waals surface area contributed by atoms with E-state index >= 15 is 0 Å². The zero-order chi connectivity index (χ0) is 11.6. The lowest BCUT2D eigenvalue weighted by Crippen LogP contribution is -2.12. The Morgan fingerprint density at radius 3 is 2.44 bits per heavy atom. The molecular formula is C9H7BrN2O2S2. The molecule has 4 nitrogen and oxygen atoms in total. The van der Waals surface area contributed by atoms with Gasteiger partial charge in [0, 0.05) is 9.85 Å². The standard InChI is InChI=1S/C9H7BrN2O2S2/c10-7-1-3-8(4-2-7)16(13,14)12-9-5-6-15-11-9/h1-6H,(H,11,12). The number of hydrogen-bond donors (Lipinski definition) is 1. The highest BCUT2D eigenvalue weighted by Gasteiger charge is 2.14. The maximum absolute atomic E-state index is 11.8. The SMILES string of the molecule is O=S(=O)(Nc1ccsn1)c1ccc(Br)cc1. The number of rotatable bonds is 3. The van der Waals surface area contributed by atoms with Gasteiger partial charge in [-0.2, -0.15) is 4.37 Å². The molecule has 1 aromatic carbocycles. The quantitative estimate of drug-likeness (QED) is 0.946. The van der Waals surface area contributed by atoms with Crippen molar-refractivity contribution in [1.29, 1.82) is 0 Å². The second-order valence-corrected chi connectivity index (χ2v) is 6.21. The highest BCUT2D eigenvalue weighted by Crippen LogP contribution is 2.17. The van der Waals surface area contributed by atoms with Crippen molar-refractivity contribution in [3.63, 3.8) is 0 Å². The van der Waals surface area contributed by atoms with Crippen LogP contribution in [-0.4, -0.2) is 12.8 Å². The fraction of sp³-hybridized carbons (Fsp3) is 0. The van der Waals surface area contributed by atoms with Crippen molar-refractivity contribution in [2.45, 2.75) is 4.90 Å². The third-order valence-electron chi connectivity index (χ3n) is 1.80. The van der Waals surface area contributed by atoms with Crippen LogP contribution in [0.4, 0.5) is 5.82 Å². The predicted octanol–water partition coefficient (Wildman–Crippen LogP) is 2.71. The molecule has 1 heterocycles. The first-order valence-electron chi connectivity index (χ1n) is 4.27. The van der Waals surface area contributed by atoms with E-state index in [9.17, 15) is 8.42 Å². The van der Waals surface area contributed by atoms with E-state index in [-0.39, 0.29) is 4.90 Å². The molecule has 0 bridgehead atoms. The van der Waals surface area contributed by atoms with Gasteiger partial charge in [-0.05, 0) is 41.9 Å². The predicted molar refractivity (Wildman–Crippen MR) is 67.1 cm³/mol. The third kappa shape index (κ3) is 2.60. The summed E-state index contributed by atoms with van der Waals surface area (Å²) in [5.41, 5.74) is 0. The van der Waals surface area contributed by atoms with Crippen molar-refractivity contribution < 1.29 is 8.42 Å². The van der Waals surface area contributed by atoms with Gasteiger partial charge < -0.3 is 0 Å². The van der Waals surface area contributed by atoms with Crippen LogP contribution in [0.3, 0.4) is 0 Å². The van der Waals surface area contributed by atoms with Crippen LogP contribution in [0.15, 0.2) is 45.1 Å². The van der Waals surface area contributed by atoms with E-state index in [0.717, 1.165) is 4.47 Å². The summed E-state index contributed by atoms with van der Waals surface area (Å²) < 4.78 is 30.8. The minimum atomic E-state index is -3.53. The number of benzene rings is 1. The highest BCUT2D eigenvalue weighted by atomic mass is 79.9. The number of anilines is 1. The van der Waals surface area contributed by atoms with E-state index in [4.69, 9.17) is 0 Å². The summed E-state index contributed by atoms with van der Waals surface area (Å²) in [5.74, 6) is 0.341. The molecule has 0 radical (unpaired) electrons. The lowest BCUT2D eigenvalue weighted by Gasteiger charge is -2.04. The normalized spacial score (nSPS) is 11.3. The van der Waals surface area contributed by atoms with Gasteiger partial charge in [-0.15, -0.1) is 0 Å². The van der Waals surface area contributed by atoms with Gasteiger partial charge in [-0.1, -0.05) is 15.9 Å². The number of nitrogens with one attached hydrogen (secondary N) is 1. The Balaban J connectivity index is 2.29. The molecule has 1 aromatic heterocycles. The van der Waals surface area contributed by atoms with Gasteiger partial charge in [0.05, 0.1) is 4.90 Å². The molecule has 7 heteroatoms. The van der Waals surface area contributed by atoms with Crippen molar-refractivity contribution in [2.75, 3.05) is 4.72 Å². The lowest BCUT2D eigenvalue weighted by atomic mass is 10.4. The van der Waals surface area contributed by atoms with E-state index < -0.39 is 10.0 Å². The van der Waals surface area contributed by atoms with Crippen LogP contribution in [0.1, 0.15) is 0 Å². The van der Waals surface area contributed by atoms with Crippen molar-refractivity contribution >= 4 is 43.3 Å². The van der Waals surface area contributed by atoms with Crippen LogP contribution >= 0.6 is 27.5 Å². The Morgan fingerprint density at radius 2 is 1.88 bits per heavy atom. The number of sulfonamides is 1. The fourth-order valence-corrected chi connectivity index (χ4v) is 2.87. The van der Waals surface area contributed by atoms with Gasteiger partial charge in [0.25, 0.3) is 10.0 Å². The summed E-state index contributed by atoms with van der Waals surface area (Å²) in [4.78, 5) is 0.212. The second-order valence-electron chi connectivity index (χ2n) is 2.94. The first-order valence-corrected chi connectivity index (χ1v) is 7.38. The van der Waals surface area contributed by atoms with E-state index in [1.165, 1.54) is 23.7 Å². The summed E-state index contributed by atoms with van der Waals surface area (Å²) in [6.07, 6.45) is 0. The number of halogens is 1. The minimum Gasteiger partial charge on any atom is -0.263 e. The second kappa shape index (κ2) is 4.52. The molecule has 16 heavy (non-hydrogen) atoms. The number of hydrogen-bond acceptors (Lipinski definition) is 4. The van der Waals surface area contributed by atoms with Gasteiger partial charge in [-0.25, -0.2) is 8.42 Å². The highest BCUT2D eigenvalue weighted by molar-refractivity contribution is 9.10. The summed E-state index contributed by atoms with van der Waals surface area (Å²) in [7, 11) is -3.53. The summed E-state index contributed by atoms with van der Waals surface area (Å²) in [6.45, 7) is 0. The maximum Gasteiger partial charge on any atom is 0.263 e. The Bertz CT molecular complexity index is 564. The molecule has 0 saturated heterocycles. The molecule has 0 aliphatic heterocycles. The van der Waals surface area contributed by atoms with Crippen LogP contribution in [0.5, 0.6) is 0 Å². The minimum absolute atomic E-state index is 0.212. The van der Waals surface area contributed by atoms with Crippen molar-refractivity contribution in [3.05, 3.63) is 40.2 Å². The van der Waals surface area contributed by atoms with E-state index in [1.54, 1.807) is 23.6 Å². The number of aromatic nitrogens is 1. The molecule has 84 valence electrons. The van der Waals surface area contributed by atoms with E-state index in [2.05, 4.69) is 25.0 Å². The van der Waals surface area contributed by atoms with Crippen LogP contribution in [-0.2, 0) is 10.0 Å². The Morgan fingerprint density at radius 1 is 1.19 bits per heavy atom. The largest absolute Gasteiger partial charge is 0.263 e. The Labute approximate surface area is 106 Å². The summed E-state index contributed by atoms with van der Waals surface area (Å²) in [6, 6.07) is 8.02. The molecule has 0 saturated carbocycles. The molecule has 2 aromatic rings. The molecule has 2 rings (SSSR count). The average Bonchev–Trinajstić information content (AvgIpc) is 2.70. The molecule has 0 atom stereocenters. The molecule has 0 aliphatic rings. The van der Waals surface area contributed by atoms with E-state index in [1.807, 2.05) is 0 Å². The van der Waals surface area contributed by atoms with Crippen molar-refractivity contribution in [2.24, 2.45) is 0 Å². The molecule has 0 amide bonds. The monoisotopic (exact) mass is 318 g/mol. The first kappa shape index (κ1) is 11.6. The molecule has 0 fully saturated rings. The average molecular weight is 319 g/mol. The van der Waals surface area contributed by atoms with Gasteiger partial charge in [0.2, 0.25) is 0 Å². The summed E-state index contributed by atoms with van der Waals surface area (Å²) >= 11 is 4.44. The molecular weight excluding hydrogens is 312 g/mol. The molecule has 1 N–H and O–H groups in total. The third-order valence-corrected chi connectivity index (χ3v) is 4.26. The van der Waals surface area contributed by atoms with Crippen molar-refractivity contribution in [3.8, 4) is 0 Å². The first-order chi connectivity index (χ1) is 7.58. The lowest BCUT2D eigenvalue weighted by molar-refractivity contribution is 0.601.